The summed E-state index contributed by atoms with van der Waals surface area (Å²) >= 11 is 7.52. The predicted octanol–water partition coefficient (Wildman–Crippen LogP) is 1.93. The first-order chi connectivity index (χ1) is 6.24. The Hall–Kier alpha value is -0.480. The van der Waals surface area contributed by atoms with Crippen LogP contribution >= 0.6 is 23.4 Å². The second-order valence-electron chi connectivity index (χ2n) is 2.61. The van der Waals surface area contributed by atoms with Crippen LogP contribution in [0.5, 0.6) is 0 Å². The van der Waals surface area contributed by atoms with E-state index in [1.165, 1.54) is 6.20 Å². The van der Waals surface area contributed by atoms with Gasteiger partial charge in [-0.2, -0.15) is 11.8 Å². The molecule has 0 aromatic carbocycles. The molecule has 0 spiro atoms. The summed E-state index contributed by atoms with van der Waals surface area (Å²) in [6.45, 7) is 0.955. The largest absolute Gasteiger partial charge is 0.358 e. The van der Waals surface area contributed by atoms with E-state index in [2.05, 4.69) is 16.2 Å². The topological polar surface area (TPSA) is 29.0 Å². The highest BCUT2D eigenvalue weighted by molar-refractivity contribution is 7.98. The molecule has 0 bridgehead atoms. The van der Waals surface area contributed by atoms with Crippen molar-refractivity contribution in [2.45, 2.75) is 0 Å². The minimum Gasteiger partial charge on any atom is -0.358 e. The van der Waals surface area contributed by atoms with Crippen LogP contribution in [0, 0.1) is 0 Å². The Morgan fingerprint density at radius 1 is 1.54 bits per heavy atom. The molecule has 72 valence electrons. The van der Waals surface area contributed by atoms with Gasteiger partial charge in [-0.1, -0.05) is 11.6 Å². The summed E-state index contributed by atoms with van der Waals surface area (Å²) in [6.07, 6.45) is 5.33. The molecule has 1 aromatic heterocycles. The Balaban J connectivity index is 2.60. The molecule has 0 saturated heterocycles. The molecule has 3 nitrogen and oxygen atoms in total. The van der Waals surface area contributed by atoms with Crippen LogP contribution in [-0.4, -0.2) is 35.6 Å². The Morgan fingerprint density at radius 3 is 2.92 bits per heavy atom. The van der Waals surface area contributed by atoms with Crippen molar-refractivity contribution in [3.63, 3.8) is 0 Å². The highest BCUT2D eigenvalue weighted by Gasteiger charge is 2.02. The number of anilines is 1. The van der Waals surface area contributed by atoms with E-state index in [0.29, 0.717) is 5.15 Å². The third kappa shape index (κ3) is 3.40. The molecule has 1 heterocycles. The van der Waals surface area contributed by atoms with E-state index >= 15 is 0 Å². The highest BCUT2D eigenvalue weighted by atomic mass is 35.5. The van der Waals surface area contributed by atoms with Gasteiger partial charge in [0.2, 0.25) is 0 Å². The molecule has 0 aliphatic rings. The quantitative estimate of drug-likeness (QED) is 0.771. The second kappa shape index (κ2) is 5.29. The maximum atomic E-state index is 5.72. The summed E-state index contributed by atoms with van der Waals surface area (Å²) in [5.74, 6) is 1.89. The van der Waals surface area contributed by atoms with Gasteiger partial charge in [-0.15, -0.1) is 0 Å². The third-order valence-electron chi connectivity index (χ3n) is 1.61. The van der Waals surface area contributed by atoms with Gasteiger partial charge in [-0.3, -0.25) is 4.98 Å². The maximum Gasteiger partial charge on any atom is 0.149 e. The summed E-state index contributed by atoms with van der Waals surface area (Å²) in [5.41, 5.74) is 0. The van der Waals surface area contributed by atoms with Crippen molar-refractivity contribution < 1.29 is 0 Å². The monoisotopic (exact) mass is 217 g/mol. The molecule has 0 amide bonds. The van der Waals surface area contributed by atoms with Crippen molar-refractivity contribution in [3.05, 3.63) is 17.5 Å². The van der Waals surface area contributed by atoms with Gasteiger partial charge in [0, 0.05) is 19.3 Å². The lowest BCUT2D eigenvalue weighted by Gasteiger charge is -2.16. The molecule has 0 N–H and O–H groups in total. The number of nitrogens with zero attached hydrogens (tertiary/aromatic N) is 3. The van der Waals surface area contributed by atoms with Crippen LogP contribution in [0.3, 0.4) is 0 Å². The minimum atomic E-state index is 0.438. The van der Waals surface area contributed by atoms with Crippen LogP contribution in [-0.2, 0) is 0 Å². The minimum absolute atomic E-state index is 0.438. The molecule has 0 aliphatic carbocycles. The standard InChI is InChI=1S/C8H12ClN3S/c1-12(3-4-13-2)8-6-10-5-7(9)11-8/h5-6H,3-4H2,1-2H3. The van der Waals surface area contributed by atoms with E-state index < -0.39 is 0 Å². The van der Waals surface area contributed by atoms with E-state index in [1.54, 1.807) is 18.0 Å². The zero-order valence-electron chi connectivity index (χ0n) is 7.70. The number of halogens is 1. The van der Waals surface area contributed by atoms with Crippen molar-refractivity contribution in [3.8, 4) is 0 Å². The smallest absolute Gasteiger partial charge is 0.149 e. The summed E-state index contributed by atoms with van der Waals surface area (Å²) in [5, 5.41) is 0.438. The lowest BCUT2D eigenvalue weighted by atomic mass is 10.5. The van der Waals surface area contributed by atoms with Gasteiger partial charge in [0.15, 0.2) is 0 Å². The Kier molecular flexibility index (Phi) is 4.32. The summed E-state index contributed by atoms with van der Waals surface area (Å²) in [6, 6.07) is 0. The fraction of sp³-hybridized carbons (Fsp3) is 0.500. The molecular weight excluding hydrogens is 206 g/mol. The highest BCUT2D eigenvalue weighted by Crippen LogP contribution is 2.10. The van der Waals surface area contributed by atoms with Gasteiger partial charge in [-0.05, 0) is 6.26 Å². The van der Waals surface area contributed by atoms with Crippen molar-refractivity contribution in [1.29, 1.82) is 0 Å². The van der Waals surface area contributed by atoms with Crippen LogP contribution in [0.4, 0.5) is 5.82 Å². The fourth-order valence-electron chi connectivity index (χ4n) is 0.859. The number of rotatable bonds is 4. The normalized spacial score (nSPS) is 10.1. The predicted molar refractivity (Wildman–Crippen MR) is 58.7 cm³/mol. The van der Waals surface area contributed by atoms with Gasteiger partial charge in [0.25, 0.3) is 0 Å². The number of hydrogen-bond acceptors (Lipinski definition) is 4. The van der Waals surface area contributed by atoms with Gasteiger partial charge < -0.3 is 4.90 Å². The first-order valence-electron chi connectivity index (χ1n) is 3.91. The van der Waals surface area contributed by atoms with Gasteiger partial charge >= 0.3 is 0 Å². The molecule has 0 atom stereocenters. The van der Waals surface area contributed by atoms with E-state index in [4.69, 9.17) is 11.6 Å². The molecule has 13 heavy (non-hydrogen) atoms. The maximum absolute atomic E-state index is 5.72. The van der Waals surface area contributed by atoms with Crippen LogP contribution in [0.2, 0.25) is 5.15 Å². The SMILES string of the molecule is CSCCN(C)c1cncc(Cl)n1. The first-order valence-corrected chi connectivity index (χ1v) is 5.69. The number of aromatic nitrogens is 2. The fourth-order valence-corrected chi connectivity index (χ4v) is 1.46. The van der Waals surface area contributed by atoms with Crippen LogP contribution in [0.25, 0.3) is 0 Å². The average Bonchev–Trinajstić information content (AvgIpc) is 2.14. The summed E-state index contributed by atoms with van der Waals surface area (Å²) in [4.78, 5) is 10.2. The number of hydrogen-bond donors (Lipinski definition) is 0. The first kappa shape index (κ1) is 10.6. The van der Waals surface area contributed by atoms with E-state index in [-0.39, 0.29) is 0 Å². The molecule has 0 aliphatic heterocycles. The molecule has 0 fully saturated rings. The van der Waals surface area contributed by atoms with Crippen molar-refractivity contribution in [2.24, 2.45) is 0 Å². The average molecular weight is 218 g/mol. The lowest BCUT2D eigenvalue weighted by molar-refractivity contribution is 0.936. The zero-order valence-corrected chi connectivity index (χ0v) is 9.27. The zero-order chi connectivity index (χ0) is 9.68. The number of thioether (sulfide) groups is 1. The lowest BCUT2D eigenvalue weighted by Crippen LogP contribution is -2.21. The van der Waals surface area contributed by atoms with E-state index in [9.17, 15) is 0 Å². The molecule has 0 radical (unpaired) electrons. The third-order valence-corrected chi connectivity index (χ3v) is 2.39. The second-order valence-corrected chi connectivity index (χ2v) is 3.99. The van der Waals surface area contributed by atoms with Crippen LogP contribution in [0.15, 0.2) is 12.4 Å². The molecular formula is C8H12ClN3S. The summed E-state index contributed by atoms with van der Waals surface area (Å²) < 4.78 is 0. The van der Waals surface area contributed by atoms with E-state index in [0.717, 1.165) is 18.1 Å². The molecule has 1 rings (SSSR count). The molecule has 0 saturated carbocycles. The molecule has 0 unspecified atom stereocenters. The van der Waals surface area contributed by atoms with Crippen molar-refractivity contribution >= 4 is 29.2 Å². The van der Waals surface area contributed by atoms with Gasteiger partial charge in [0.05, 0.1) is 12.4 Å². The Bertz CT molecular complexity index is 269. The van der Waals surface area contributed by atoms with Gasteiger partial charge in [-0.25, -0.2) is 4.98 Å². The summed E-state index contributed by atoms with van der Waals surface area (Å²) in [7, 11) is 1.98. The van der Waals surface area contributed by atoms with Crippen LogP contribution in [0.1, 0.15) is 0 Å². The Morgan fingerprint density at radius 2 is 2.31 bits per heavy atom. The van der Waals surface area contributed by atoms with Gasteiger partial charge in [0.1, 0.15) is 11.0 Å². The van der Waals surface area contributed by atoms with Crippen molar-refractivity contribution in [1.82, 2.24) is 9.97 Å². The molecule has 5 heteroatoms. The van der Waals surface area contributed by atoms with Crippen LogP contribution < -0.4 is 4.90 Å². The Labute approximate surface area is 87.5 Å². The van der Waals surface area contributed by atoms with E-state index in [1.807, 2.05) is 11.9 Å². The van der Waals surface area contributed by atoms with Crippen molar-refractivity contribution in [2.75, 3.05) is 30.5 Å². The molecule has 1 aromatic rings.